The van der Waals surface area contributed by atoms with E-state index in [0.717, 1.165) is 13.1 Å². The second-order valence-corrected chi connectivity index (χ2v) is 8.05. The van der Waals surface area contributed by atoms with Crippen molar-refractivity contribution >= 4 is 10.0 Å². The van der Waals surface area contributed by atoms with E-state index in [1.165, 1.54) is 6.20 Å². The minimum absolute atomic E-state index is 0.159. The molecule has 2 rings (SSSR count). The van der Waals surface area contributed by atoms with E-state index in [4.69, 9.17) is 0 Å². The maximum atomic E-state index is 12.7. The fourth-order valence-electron chi connectivity index (χ4n) is 2.38. The van der Waals surface area contributed by atoms with E-state index in [1.54, 1.807) is 15.2 Å². The van der Waals surface area contributed by atoms with Gasteiger partial charge in [-0.25, -0.2) is 8.42 Å². The second-order valence-electron chi connectivity index (χ2n) is 6.12. The highest BCUT2D eigenvalue weighted by Gasteiger charge is 2.37. The van der Waals surface area contributed by atoms with E-state index < -0.39 is 10.0 Å². The summed E-state index contributed by atoms with van der Waals surface area (Å²) in [6, 6.07) is 0. The molecule has 21 heavy (non-hydrogen) atoms. The first-order valence-electron chi connectivity index (χ1n) is 7.16. The minimum atomic E-state index is -3.46. The molecule has 0 aliphatic carbocycles. The summed E-state index contributed by atoms with van der Waals surface area (Å²) in [5.41, 5.74) is -0.159. The molecule has 2 heterocycles. The van der Waals surface area contributed by atoms with E-state index >= 15 is 0 Å². The standard InChI is InChI=1S/C13H25N5O2S/c1-13(2)11-18(8-7-16(13)4)21(19,20)12-9-15-17(10-12)6-5-14-3/h9-10,14H,5-8,11H2,1-4H3. The number of rotatable bonds is 5. The highest BCUT2D eigenvalue weighted by molar-refractivity contribution is 7.89. The zero-order chi connectivity index (χ0) is 15.7. The fraction of sp³-hybridized carbons (Fsp3) is 0.769. The lowest BCUT2D eigenvalue weighted by molar-refractivity contribution is 0.0801. The lowest BCUT2D eigenvalue weighted by Crippen LogP contribution is -2.58. The maximum Gasteiger partial charge on any atom is 0.246 e. The van der Waals surface area contributed by atoms with Crippen LogP contribution in [-0.2, 0) is 16.6 Å². The molecule has 1 aliphatic heterocycles. The van der Waals surface area contributed by atoms with Gasteiger partial charge in [-0.3, -0.25) is 9.58 Å². The van der Waals surface area contributed by atoms with Crippen LogP contribution in [0.1, 0.15) is 13.8 Å². The molecule has 0 unspecified atom stereocenters. The topological polar surface area (TPSA) is 70.5 Å². The number of nitrogens with one attached hydrogen (secondary N) is 1. The molecule has 0 spiro atoms. The van der Waals surface area contributed by atoms with Gasteiger partial charge in [0, 0.05) is 37.9 Å². The first-order valence-corrected chi connectivity index (χ1v) is 8.60. The zero-order valence-corrected chi connectivity index (χ0v) is 14.0. The number of likely N-dealkylation sites (N-methyl/N-ethyl adjacent to an activating group) is 2. The van der Waals surface area contributed by atoms with Crippen LogP contribution in [0.3, 0.4) is 0 Å². The number of sulfonamides is 1. The summed E-state index contributed by atoms with van der Waals surface area (Å²) in [6.45, 7) is 7.27. The second kappa shape index (κ2) is 6.04. The van der Waals surface area contributed by atoms with E-state index in [0.29, 0.717) is 19.6 Å². The molecule has 0 bridgehead atoms. The number of hydrogen-bond acceptors (Lipinski definition) is 5. The Bertz CT molecular complexity index is 581. The summed E-state index contributed by atoms with van der Waals surface area (Å²) in [5, 5.41) is 7.14. The van der Waals surface area contributed by atoms with Crippen LogP contribution in [0, 0.1) is 0 Å². The van der Waals surface area contributed by atoms with Gasteiger partial charge >= 0.3 is 0 Å². The monoisotopic (exact) mass is 315 g/mol. The predicted molar refractivity (Wildman–Crippen MR) is 81.6 cm³/mol. The molecule has 1 aliphatic rings. The zero-order valence-electron chi connectivity index (χ0n) is 13.2. The van der Waals surface area contributed by atoms with E-state index in [2.05, 4.69) is 29.2 Å². The molecule has 1 fully saturated rings. The van der Waals surface area contributed by atoms with Gasteiger partial charge < -0.3 is 5.32 Å². The largest absolute Gasteiger partial charge is 0.318 e. The van der Waals surface area contributed by atoms with Gasteiger partial charge in [0.05, 0.1) is 12.7 Å². The van der Waals surface area contributed by atoms with Crippen molar-refractivity contribution in [2.75, 3.05) is 40.3 Å². The normalized spacial score (nSPS) is 20.8. The van der Waals surface area contributed by atoms with Crippen molar-refractivity contribution in [1.29, 1.82) is 0 Å². The third-order valence-electron chi connectivity index (χ3n) is 4.12. The van der Waals surface area contributed by atoms with Crippen molar-refractivity contribution in [3.05, 3.63) is 12.4 Å². The smallest absolute Gasteiger partial charge is 0.246 e. The molecule has 1 N–H and O–H groups in total. The molecule has 0 atom stereocenters. The third-order valence-corrected chi connectivity index (χ3v) is 5.92. The summed E-state index contributed by atoms with van der Waals surface area (Å²) in [5.74, 6) is 0. The lowest BCUT2D eigenvalue weighted by Gasteiger charge is -2.44. The van der Waals surface area contributed by atoms with Gasteiger partial charge in [0.2, 0.25) is 10.0 Å². The van der Waals surface area contributed by atoms with Gasteiger partial charge in [-0.2, -0.15) is 9.40 Å². The molecule has 120 valence electrons. The van der Waals surface area contributed by atoms with Gasteiger partial charge in [0.1, 0.15) is 4.90 Å². The third kappa shape index (κ3) is 3.45. The average molecular weight is 315 g/mol. The van der Waals surface area contributed by atoms with Crippen LogP contribution in [0.4, 0.5) is 0 Å². The predicted octanol–water partition coefficient (Wildman–Crippen LogP) is -0.183. The van der Waals surface area contributed by atoms with Crippen LogP contribution < -0.4 is 5.32 Å². The highest BCUT2D eigenvalue weighted by atomic mass is 32.2. The van der Waals surface area contributed by atoms with Crippen LogP contribution in [0.5, 0.6) is 0 Å². The Morgan fingerprint density at radius 2 is 2.10 bits per heavy atom. The Morgan fingerprint density at radius 1 is 1.38 bits per heavy atom. The Balaban J connectivity index is 2.16. The first-order chi connectivity index (χ1) is 9.77. The highest BCUT2D eigenvalue weighted by Crippen LogP contribution is 2.24. The number of nitrogens with zero attached hydrogens (tertiary/aromatic N) is 4. The fourth-order valence-corrected chi connectivity index (χ4v) is 3.92. The summed E-state index contributed by atoms with van der Waals surface area (Å²) in [4.78, 5) is 2.47. The number of aromatic nitrogens is 2. The van der Waals surface area contributed by atoms with Gasteiger partial charge in [-0.1, -0.05) is 0 Å². The molecule has 8 heteroatoms. The molecular weight excluding hydrogens is 290 g/mol. The summed E-state index contributed by atoms with van der Waals surface area (Å²) < 4.78 is 28.6. The van der Waals surface area contributed by atoms with E-state index in [1.807, 2.05) is 14.1 Å². The van der Waals surface area contributed by atoms with E-state index in [9.17, 15) is 8.42 Å². The van der Waals surface area contributed by atoms with Crippen LogP contribution in [0.15, 0.2) is 17.3 Å². The molecule has 0 amide bonds. The number of hydrogen-bond donors (Lipinski definition) is 1. The molecule has 0 radical (unpaired) electrons. The molecule has 1 aromatic rings. The van der Waals surface area contributed by atoms with Gasteiger partial charge in [0.25, 0.3) is 0 Å². The summed E-state index contributed by atoms with van der Waals surface area (Å²) >= 11 is 0. The SMILES string of the molecule is CNCCn1cc(S(=O)(=O)N2CCN(C)C(C)(C)C2)cn1. The van der Waals surface area contributed by atoms with Gasteiger partial charge in [-0.15, -0.1) is 0 Å². The maximum absolute atomic E-state index is 12.7. The Hall–Kier alpha value is -0.960. The van der Waals surface area contributed by atoms with Crippen molar-refractivity contribution in [3.8, 4) is 0 Å². The van der Waals surface area contributed by atoms with Crippen molar-refractivity contribution < 1.29 is 8.42 Å². The molecule has 7 nitrogen and oxygen atoms in total. The quantitative estimate of drug-likeness (QED) is 0.816. The number of piperazine rings is 1. The Morgan fingerprint density at radius 3 is 2.71 bits per heavy atom. The summed E-state index contributed by atoms with van der Waals surface area (Å²) in [7, 11) is 0.424. The summed E-state index contributed by atoms with van der Waals surface area (Å²) in [6.07, 6.45) is 3.05. The molecule has 0 saturated carbocycles. The van der Waals surface area contributed by atoms with Crippen molar-refractivity contribution in [2.24, 2.45) is 0 Å². The minimum Gasteiger partial charge on any atom is -0.318 e. The molecule has 1 aromatic heterocycles. The lowest BCUT2D eigenvalue weighted by atomic mass is 10.0. The van der Waals surface area contributed by atoms with Gasteiger partial charge in [0.15, 0.2) is 0 Å². The van der Waals surface area contributed by atoms with Crippen molar-refractivity contribution in [2.45, 2.75) is 30.8 Å². The van der Waals surface area contributed by atoms with Crippen LogP contribution >= 0.6 is 0 Å². The first kappa shape index (κ1) is 16.4. The van der Waals surface area contributed by atoms with Crippen LogP contribution in [-0.4, -0.2) is 73.2 Å². The Kier molecular flexibility index (Phi) is 4.72. The Labute approximate surface area is 127 Å². The van der Waals surface area contributed by atoms with Crippen LogP contribution in [0.2, 0.25) is 0 Å². The molecular formula is C13H25N5O2S. The van der Waals surface area contributed by atoms with E-state index in [-0.39, 0.29) is 10.4 Å². The van der Waals surface area contributed by atoms with Crippen LogP contribution in [0.25, 0.3) is 0 Å². The average Bonchev–Trinajstić information content (AvgIpc) is 2.88. The van der Waals surface area contributed by atoms with Crippen molar-refractivity contribution in [3.63, 3.8) is 0 Å². The van der Waals surface area contributed by atoms with Gasteiger partial charge in [-0.05, 0) is 27.9 Å². The van der Waals surface area contributed by atoms with Crippen molar-refractivity contribution in [1.82, 2.24) is 24.3 Å². The molecule has 0 aromatic carbocycles. The molecule has 1 saturated heterocycles.